The summed E-state index contributed by atoms with van der Waals surface area (Å²) < 4.78 is 4.19. The summed E-state index contributed by atoms with van der Waals surface area (Å²) in [6.45, 7) is -0.380. The average molecular weight is 115 g/mol. The Hall–Kier alpha value is -0.830. The fourth-order valence-electron chi connectivity index (χ4n) is 0.212. The van der Waals surface area contributed by atoms with E-state index in [-0.39, 0.29) is 6.61 Å². The lowest BCUT2D eigenvalue weighted by Gasteiger charge is -1.85. The Morgan fingerprint density at radius 3 is 2.75 bits per heavy atom. The van der Waals surface area contributed by atoms with Crippen LogP contribution in [0, 0.1) is 0 Å². The Morgan fingerprint density at radius 2 is 2.38 bits per heavy atom. The quantitative estimate of drug-likeness (QED) is 0.379. The van der Waals surface area contributed by atoms with Crippen LogP contribution in [0.15, 0.2) is 12.2 Å². The monoisotopic (exact) mass is 115 g/mol. The van der Waals surface area contributed by atoms with Crippen molar-refractivity contribution < 1.29 is 14.6 Å². The highest BCUT2D eigenvalue weighted by Crippen LogP contribution is 1.75. The number of methoxy groups -OCH3 is 1. The summed E-state index contributed by atoms with van der Waals surface area (Å²) in [6, 6.07) is 0. The van der Waals surface area contributed by atoms with Gasteiger partial charge in [-0.05, 0) is 6.08 Å². The molecule has 0 unspecified atom stereocenters. The van der Waals surface area contributed by atoms with Crippen molar-refractivity contribution in [2.24, 2.45) is 0 Å². The van der Waals surface area contributed by atoms with Gasteiger partial charge in [-0.3, -0.25) is 0 Å². The van der Waals surface area contributed by atoms with E-state index in [4.69, 9.17) is 0 Å². The van der Waals surface area contributed by atoms with Crippen LogP contribution in [0.3, 0.4) is 0 Å². The topological polar surface area (TPSA) is 46.2 Å². The predicted octanol–water partition coefficient (Wildman–Crippen LogP) is 0.146. The van der Waals surface area contributed by atoms with Gasteiger partial charge in [0, 0.05) is 6.08 Å². The minimum absolute atomic E-state index is 0.380. The van der Waals surface area contributed by atoms with E-state index in [1.807, 2.05) is 0 Å². The molecule has 0 bridgehead atoms. The molecule has 0 heterocycles. The molecule has 0 saturated heterocycles. The van der Waals surface area contributed by atoms with Crippen LogP contribution in [-0.4, -0.2) is 19.7 Å². The Morgan fingerprint density at radius 1 is 1.75 bits per heavy atom. The van der Waals surface area contributed by atoms with Gasteiger partial charge < -0.3 is 4.74 Å². The van der Waals surface area contributed by atoms with Crippen molar-refractivity contribution in [2.75, 3.05) is 13.7 Å². The number of hydrogen-bond donors (Lipinski definition) is 0. The minimum atomic E-state index is -0.485. The highest BCUT2D eigenvalue weighted by Gasteiger charge is 1.86. The van der Waals surface area contributed by atoms with Crippen molar-refractivity contribution in [1.29, 1.82) is 0 Å². The number of esters is 1. The van der Waals surface area contributed by atoms with E-state index in [1.165, 1.54) is 13.2 Å². The molecule has 1 radical (unpaired) electrons. The number of carbonyl (C=O) groups is 1. The lowest BCUT2D eigenvalue weighted by molar-refractivity contribution is -0.134. The highest BCUT2D eigenvalue weighted by molar-refractivity contribution is 5.81. The summed E-state index contributed by atoms with van der Waals surface area (Å²) >= 11 is 0. The van der Waals surface area contributed by atoms with E-state index in [9.17, 15) is 9.90 Å². The van der Waals surface area contributed by atoms with Crippen molar-refractivity contribution in [3.63, 3.8) is 0 Å². The minimum Gasteiger partial charge on any atom is -0.466 e. The number of rotatable bonds is 2. The molecule has 0 aromatic heterocycles. The van der Waals surface area contributed by atoms with Crippen molar-refractivity contribution in [2.45, 2.75) is 0 Å². The van der Waals surface area contributed by atoms with Crippen molar-refractivity contribution in [1.82, 2.24) is 0 Å². The van der Waals surface area contributed by atoms with Crippen molar-refractivity contribution >= 4 is 5.97 Å². The summed E-state index contributed by atoms with van der Waals surface area (Å²) in [7, 11) is 1.26. The zero-order valence-electron chi connectivity index (χ0n) is 4.59. The van der Waals surface area contributed by atoms with Crippen LogP contribution in [0.25, 0.3) is 0 Å². The molecule has 0 aliphatic heterocycles. The molecular formula is C5H7O3. The molecule has 0 fully saturated rings. The first kappa shape index (κ1) is 7.17. The van der Waals surface area contributed by atoms with E-state index in [0.29, 0.717) is 0 Å². The summed E-state index contributed by atoms with van der Waals surface area (Å²) in [4.78, 5) is 10.1. The molecule has 45 valence electrons. The number of ether oxygens (including phenoxy) is 1. The molecule has 8 heavy (non-hydrogen) atoms. The normalized spacial score (nSPS) is 9.75. The second kappa shape index (κ2) is 4.33. The molecule has 0 aromatic carbocycles. The maximum Gasteiger partial charge on any atom is 0.330 e. The summed E-state index contributed by atoms with van der Waals surface area (Å²) in [5.41, 5.74) is 0. The Bertz CT molecular complexity index is 95.8. The fourth-order valence-corrected chi connectivity index (χ4v) is 0.212. The van der Waals surface area contributed by atoms with Gasteiger partial charge in [0.25, 0.3) is 0 Å². The molecule has 0 aromatic rings. The maximum atomic E-state index is 10.1. The zero-order chi connectivity index (χ0) is 6.41. The molecule has 3 heteroatoms. The van der Waals surface area contributed by atoms with Crippen LogP contribution in [0.5, 0.6) is 0 Å². The van der Waals surface area contributed by atoms with Gasteiger partial charge in [0.1, 0.15) is 6.61 Å². The van der Waals surface area contributed by atoms with Gasteiger partial charge in [-0.2, -0.15) is 0 Å². The van der Waals surface area contributed by atoms with Crippen LogP contribution >= 0.6 is 0 Å². The highest BCUT2D eigenvalue weighted by atomic mass is 16.5. The molecule has 0 atom stereocenters. The standard InChI is InChI=1S/C5H7O3/c1-8-5(7)3-2-4-6/h2-3H,4H2,1H3/b3-2+. The third kappa shape index (κ3) is 3.36. The lowest BCUT2D eigenvalue weighted by Crippen LogP contribution is -1.93. The SMILES string of the molecule is COC(=O)/C=C/C[O]. The second-order valence-corrected chi connectivity index (χ2v) is 1.09. The van der Waals surface area contributed by atoms with E-state index >= 15 is 0 Å². The van der Waals surface area contributed by atoms with E-state index in [2.05, 4.69) is 4.74 Å². The van der Waals surface area contributed by atoms with Crippen molar-refractivity contribution in [3.8, 4) is 0 Å². The lowest BCUT2D eigenvalue weighted by atomic mass is 10.5. The van der Waals surface area contributed by atoms with Crippen molar-refractivity contribution in [3.05, 3.63) is 12.2 Å². The number of hydrogen-bond acceptors (Lipinski definition) is 2. The third-order valence-corrected chi connectivity index (χ3v) is 0.551. The van der Waals surface area contributed by atoms with Gasteiger partial charge in [0.05, 0.1) is 7.11 Å². The molecule has 3 nitrogen and oxygen atoms in total. The molecule has 0 spiro atoms. The number of carbonyl (C=O) groups excluding carboxylic acids is 1. The smallest absolute Gasteiger partial charge is 0.330 e. The largest absolute Gasteiger partial charge is 0.466 e. The molecule has 0 aliphatic rings. The van der Waals surface area contributed by atoms with Crippen LogP contribution in [0.4, 0.5) is 0 Å². The Balaban J connectivity index is 3.37. The van der Waals surface area contributed by atoms with Gasteiger partial charge in [0.2, 0.25) is 0 Å². The third-order valence-electron chi connectivity index (χ3n) is 0.551. The van der Waals surface area contributed by atoms with Gasteiger partial charge in [0.15, 0.2) is 0 Å². The van der Waals surface area contributed by atoms with E-state index < -0.39 is 5.97 Å². The van der Waals surface area contributed by atoms with Gasteiger partial charge in [-0.1, -0.05) is 0 Å². The van der Waals surface area contributed by atoms with Gasteiger partial charge in [-0.15, -0.1) is 0 Å². The van der Waals surface area contributed by atoms with Gasteiger partial charge in [-0.25, -0.2) is 9.90 Å². The molecule has 0 rings (SSSR count). The van der Waals surface area contributed by atoms with Crippen LogP contribution < -0.4 is 0 Å². The van der Waals surface area contributed by atoms with Crippen LogP contribution in [0.2, 0.25) is 0 Å². The molecule has 0 saturated carbocycles. The van der Waals surface area contributed by atoms with E-state index in [0.717, 1.165) is 6.08 Å². The second-order valence-electron chi connectivity index (χ2n) is 1.09. The zero-order valence-corrected chi connectivity index (χ0v) is 4.59. The fraction of sp³-hybridized carbons (Fsp3) is 0.400. The first-order chi connectivity index (χ1) is 3.81. The molecule has 0 N–H and O–H groups in total. The first-order valence-corrected chi connectivity index (χ1v) is 2.14. The Labute approximate surface area is 47.6 Å². The van der Waals surface area contributed by atoms with Crippen LogP contribution in [0.1, 0.15) is 0 Å². The maximum absolute atomic E-state index is 10.1. The Kier molecular flexibility index (Phi) is 3.88. The molecular weight excluding hydrogens is 108 g/mol. The average Bonchev–Trinajstić information content (AvgIpc) is 1.83. The molecule has 0 amide bonds. The van der Waals surface area contributed by atoms with E-state index in [1.54, 1.807) is 0 Å². The summed E-state index contributed by atoms with van der Waals surface area (Å²) in [6.07, 6.45) is 2.30. The molecule has 0 aliphatic carbocycles. The van der Waals surface area contributed by atoms with Crippen LogP contribution in [-0.2, 0) is 14.6 Å². The summed E-state index contributed by atoms with van der Waals surface area (Å²) in [5.74, 6) is -0.485. The first-order valence-electron chi connectivity index (χ1n) is 2.14. The van der Waals surface area contributed by atoms with Gasteiger partial charge >= 0.3 is 5.97 Å². The summed E-state index contributed by atoms with van der Waals surface area (Å²) in [5, 5.41) is 9.66. The predicted molar refractivity (Wildman–Crippen MR) is 26.7 cm³/mol.